The second-order valence-corrected chi connectivity index (χ2v) is 5.69. The fourth-order valence-corrected chi connectivity index (χ4v) is 2.88. The van der Waals surface area contributed by atoms with Crippen molar-refractivity contribution in [3.05, 3.63) is 29.8 Å². The SMILES string of the molecule is Cc1ccccc1N(CCCC1CCCO1)CCC(=O)O. The molecule has 0 bridgehead atoms. The third kappa shape index (κ3) is 5.05. The van der Waals surface area contributed by atoms with Gasteiger partial charge in [-0.25, -0.2) is 0 Å². The van der Waals surface area contributed by atoms with Crippen molar-refractivity contribution >= 4 is 11.7 Å². The van der Waals surface area contributed by atoms with Crippen molar-refractivity contribution in [2.24, 2.45) is 0 Å². The maximum absolute atomic E-state index is 10.9. The summed E-state index contributed by atoms with van der Waals surface area (Å²) in [5.74, 6) is -0.743. The van der Waals surface area contributed by atoms with E-state index in [4.69, 9.17) is 9.84 Å². The topological polar surface area (TPSA) is 49.8 Å². The van der Waals surface area contributed by atoms with Gasteiger partial charge in [0.1, 0.15) is 0 Å². The first kappa shape index (κ1) is 15.8. The molecule has 2 rings (SSSR count). The van der Waals surface area contributed by atoms with Gasteiger partial charge in [-0.15, -0.1) is 0 Å². The van der Waals surface area contributed by atoms with Crippen molar-refractivity contribution in [3.63, 3.8) is 0 Å². The molecule has 1 saturated heterocycles. The molecule has 1 aliphatic rings. The number of benzene rings is 1. The van der Waals surface area contributed by atoms with Crippen LogP contribution in [0.3, 0.4) is 0 Å². The second-order valence-electron chi connectivity index (χ2n) is 5.69. The van der Waals surface area contributed by atoms with Crippen LogP contribution in [0.1, 0.15) is 37.7 Å². The first-order chi connectivity index (χ1) is 10.2. The Morgan fingerprint density at radius 2 is 2.19 bits per heavy atom. The first-order valence-corrected chi connectivity index (χ1v) is 7.81. The number of rotatable bonds is 8. The summed E-state index contributed by atoms with van der Waals surface area (Å²) in [4.78, 5) is 13.0. The van der Waals surface area contributed by atoms with Gasteiger partial charge in [-0.1, -0.05) is 18.2 Å². The molecule has 1 aromatic carbocycles. The minimum Gasteiger partial charge on any atom is -0.481 e. The van der Waals surface area contributed by atoms with Crippen molar-refractivity contribution in [3.8, 4) is 0 Å². The minimum atomic E-state index is -0.743. The molecule has 1 fully saturated rings. The van der Waals surface area contributed by atoms with Crippen LogP contribution in [0.15, 0.2) is 24.3 Å². The number of hydrogen-bond donors (Lipinski definition) is 1. The van der Waals surface area contributed by atoms with Crippen LogP contribution in [-0.2, 0) is 9.53 Å². The van der Waals surface area contributed by atoms with Crippen molar-refractivity contribution in [1.82, 2.24) is 0 Å². The average molecular weight is 291 g/mol. The highest BCUT2D eigenvalue weighted by Crippen LogP contribution is 2.22. The van der Waals surface area contributed by atoms with E-state index in [-0.39, 0.29) is 6.42 Å². The van der Waals surface area contributed by atoms with Gasteiger partial charge in [-0.3, -0.25) is 4.79 Å². The van der Waals surface area contributed by atoms with Gasteiger partial charge >= 0.3 is 5.97 Å². The maximum Gasteiger partial charge on any atom is 0.305 e. The van der Waals surface area contributed by atoms with Crippen LogP contribution in [0.2, 0.25) is 0 Å². The van der Waals surface area contributed by atoms with Crippen LogP contribution in [-0.4, -0.2) is 36.9 Å². The molecule has 1 atom stereocenters. The lowest BCUT2D eigenvalue weighted by Gasteiger charge is -2.26. The van der Waals surface area contributed by atoms with E-state index >= 15 is 0 Å². The number of aryl methyl sites for hydroxylation is 1. The lowest BCUT2D eigenvalue weighted by atomic mass is 10.1. The smallest absolute Gasteiger partial charge is 0.305 e. The van der Waals surface area contributed by atoms with Crippen LogP contribution in [0.5, 0.6) is 0 Å². The molecule has 0 amide bonds. The molecule has 1 aromatic rings. The van der Waals surface area contributed by atoms with Gasteiger partial charge in [-0.2, -0.15) is 0 Å². The predicted octanol–water partition coefficient (Wildman–Crippen LogP) is 3.24. The summed E-state index contributed by atoms with van der Waals surface area (Å²) in [6, 6.07) is 8.17. The Bertz CT molecular complexity index is 455. The van der Waals surface area contributed by atoms with E-state index in [2.05, 4.69) is 24.0 Å². The highest BCUT2D eigenvalue weighted by atomic mass is 16.5. The van der Waals surface area contributed by atoms with Crippen molar-refractivity contribution < 1.29 is 14.6 Å². The van der Waals surface area contributed by atoms with Crippen LogP contribution >= 0.6 is 0 Å². The molecule has 1 unspecified atom stereocenters. The molecular formula is C17H25NO3. The van der Waals surface area contributed by atoms with E-state index < -0.39 is 5.97 Å². The summed E-state index contributed by atoms with van der Waals surface area (Å²) < 4.78 is 5.65. The Labute approximate surface area is 126 Å². The van der Waals surface area contributed by atoms with Crippen LogP contribution < -0.4 is 4.90 Å². The quantitative estimate of drug-likeness (QED) is 0.799. The van der Waals surface area contributed by atoms with Crippen molar-refractivity contribution in [1.29, 1.82) is 0 Å². The van der Waals surface area contributed by atoms with Crippen LogP contribution in [0.4, 0.5) is 5.69 Å². The fourth-order valence-electron chi connectivity index (χ4n) is 2.88. The van der Waals surface area contributed by atoms with Gasteiger partial charge in [0.2, 0.25) is 0 Å². The number of carboxylic acid groups (broad SMARTS) is 1. The largest absolute Gasteiger partial charge is 0.481 e. The molecule has 0 radical (unpaired) electrons. The number of carbonyl (C=O) groups is 1. The highest BCUT2D eigenvalue weighted by Gasteiger charge is 2.16. The zero-order valence-corrected chi connectivity index (χ0v) is 12.8. The third-order valence-electron chi connectivity index (χ3n) is 4.03. The summed E-state index contributed by atoms with van der Waals surface area (Å²) >= 11 is 0. The molecule has 0 spiro atoms. The maximum atomic E-state index is 10.9. The zero-order valence-electron chi connectivity index (χ0n) is 12.8. The van der Waals surface area contributed by atoms with Gasteiger partial charge in [0.15, 0.2) is 0 Å². The molecule has 4 heteroatoms. The number of nitrogens with zero attached hydrogens (tertiary/aromatic N) is 1. The summed E-state index contributed by atoms with van der Waals surface area (Å²) in [5.41, 5.74) is 2.34. The molecule has 0 aliphatic carbocycles. The molecule has 1 aliphatic heterocycles. The average Bonchev–Trinajstić information content (AvgIpc) is 2.96. The van der Waals surface area contributed by atoms with Gasteiger partial charge in [0.25, 0.3) is 0 Å². The van der Waals surface area contributed by atoms with Gasteiger partial charge in [-0.05, 0) is 44.2 Å². The van der Waals surface area contributed by atoms with Crippen molar-refractivity contribution in [2.45, 2.75) is 45.1 Å². The molecule has 21 heavy (non-hydrogen) atoms. The third-order valence-corrected chi connectivity index (χ3v) is 4.03. The molecule has 1 N–H and O–H groups in total. The van der Waals surface area contributed by atoms with Crippen LogP contribution in [0, 0.1) is 6.92 Å². The summed E-state index contributed by atoms with van der Waals surface area (Å²) in [6.07, 6.45) is 5.02. The Kier molecular flexibility index (Phi) is 6.05. The molecule has 4 nitrogen and oxygen atoms in total. The van der Waals surface area contributed by atoms with Gasteiger partial charge in [0.05, 0.1) is 12.5 Å². The van der Waals surface area contributed by atoms with E-state index in [0.29, 0.717) is 12.6 Å². The number of para-hydroxylation sites is 1. The number of ether oxygens (including phenoxy) is 1. The number of anilines is 1. The molecule has 0 aromatic heterocycles. The lowest BCUT2D eigenvalue weighted by molar-refractivity contribution is -0.136. The number of carboxylic acids is 1. The lowest BCUT2D eigenvalue weighted by Crippen LogP contribution is -2.28. The normalized spacial score (nSPS) is 17.9. The number of aliphatic carboxylic acids is 1. The first-order valence-electron chi connectivity index (χ1n) is 7.81. The van der Waals surface area contributed by atoms with Gasteiger partial charge in [0, 0.05) is 25.4 Å². The number of hydrogen-bond acceptors (Lipinski definition) is 3. The molecular weight excluding hydrogens is 266 g/mol. The van der Waals surface area contributed by atoms with E-state index in [1.165, 1.54) is 18.4 Å². The van der Waals surface area contributed by atoms with E-state index in [9.17, 15) is 4.79 Å². The standard InChI is InChI=1S/C17H25NO3/c1-14-6-2-3-9-16(14)18(12-10-17(19)20)11-4-7-15-8-5-13-21-15/h2-3,6,9,15H,4-5,7-8,10-13H2,1H3,(H,19,20). The minimum absolute atomic E-state index is 0.175. The van der Waals surface area contributed by atoms with Crippen LogP contribution in [0.25, 0.3) is 0 Å². The highest BCUT2D eigenvalue weighted by molar-refractivity contribution is 5.68. The predicted molar refractivity (Wildman–Crippen MR) is 83.9 cm³/mol. The fraction of sp³-hybridized carbons (Fsp3) is 0.588. The van der Waals surface area contributed by atoms with E-state index in [0.717, 1.165) is 31.7 Å². The van der Waals surface area contributed by atoms with Crippen molar-refractivity contribution in [2.75, 3.05) is 24.6 Å². The molecule has 1 heterocycles. The Morgan fingerprint density at radius 3 is 2.86 bits per heavy atom. The Hall–Kier alpha value is -1.55. The van der Waals surface area contributed by atoms with E-state index in [1.807, 2.05) is 12.1 Å². The van der Waals surface area contributed by atoms with E-state index in [1.54, 1.807) is 0 Å². The van der Waals surface area contributed by atoms with Gasteiger partial charge < -0.3 is 14.7 Å². The summed E-state index contributed by atoms with van der Waals surface area (Å²) in [7, 11) is 0. The molecule has 116 valence electrons. The summed E-state index contributed by atoms with van der Waals surface area (Å²) in [5, 5.41) is 8.93. The Morgan fingerprint density at radius 1 is 1.38 bits per heavy atom. The Balaban J connectivity index is 1.91. The summed E-state index contributed by atoms with van der Waals surface area (Å²) in [6.45, 7) is 4.41. The zero-order chi connectivity index (χ0) is 15.1. The monoisotopic (exact) mass is 291 g/mol. The second kappa shape index (κ2) is 8.03. The molecule has 0 saturated carbocycles.